The summed E-state index contributed by atoms with van der Waals surface area (Å²) in [5.74, 6) is -0.597. The monoisotopic (exact) mass is 136 g/mol. The maximum atomic E-state index is 10.0. The van der Waals surface area contributed by atoms with Gasteiger partial charge in [-0.2, -0.15) is 0 Å². The highest BCUT2D eigenvalue weighted by molar-refractivity contribution is 5.73. The van der Waals surface area contributed by atoms with Gasteiger partial charge < -0.3 is 14.9 Å². The number of hydrogen-bond acceptors (Lipinski definition) is 4. The second kappa shape index (κ2) is 7.39. The Bertz CT molecular complexity index is 69.4. The summed E-state index contributed by atoms with van der Waals surface area (Å²) < 4.78 is 4.12. The van der Waals surface area contributed by atoms with Crippen LogP contribution in [0.25, 0.3) is 0 Å². The summed E-state index contributed by atoms with van der Waals surface area (Å²) in [5.41, 5.74) is 0. The minimum absolute atomic E-state index is 0.597. The van der Waals surface area contributed by atoms with Crippen LogP contribution in [0.15, 0.2) is 0 Å². The average molecular weight is 136 g/mol. The Labute approximate surface area is 54.1 Å². The van der Waals surface area contributed by atoms with E-state index in [1.165, 1.54) is 14.0 Å². The van der Waals surface area contributed by atoms with Gasteiger partial charge in [-0.1, -0.05) is 0 Å². The van der Waals surface area contributed by atoms with Crippen molar-refractivity contribution in [2.24, 2.45) is 0 Å². The van der Waals surface area contributed by atoms with Gasteiger partial charge >= 0.3 is 5.97 Å². The molecule has 0 amide bonds. The molecule has 0 aromatic carbocycles. The maximum Gasteiger partial charge on any atom is 0.334 e. The normalized spacial score (nSPS) is 10.8. The van der Waals surface area contributed by atoms with Gasteiger partial charge in [-0.3, -0.25) is 0 Å². The minimum atomic E-state index is -0.995. The Balaban J connectivity index is 0. The van der Waals surface area contributed by atoms with E-state index in [9.17, 15) is 4.79 Å². The molecule has 1 unspecified atom stereocenters. The van der Waals surface area contributed by atoms with Crippen molar-refractivity contribution in [2.75, 3.05) is 14.2 Å². The fraction of sp³-hybridized carbons (Fsp3) is 0.800. The highest BCUT2D eigenvalue weighted by atomic mass is 16.5. The number of rotatable bonds is 1. The molecule has 2 N–H and O–H groups in total. The number of esters is 1. The smallest absolute Gasteiger partial charge is 0.334 e. The van der Waals surface area contributed by atoms with E-state index in [1.54, 1.807) is 0 Å². The van der Waals surface area contributed by atoms with Crippen molar-refractivity contribution < 1.29 is 19.7 Å². The van der Waals surface area contributed by atoms with E-state index >= 15 is 0 Å². The van der Waals surface area contributed by atoms with Gasteiger partial charge in [-0.25, -0.2) is 4.79 Å². The van der Waals surface area contributed by atoms with Gasteiger partial charge in [0.25, 0.3) is 0 Å². The lowest BCUT2D eigenvalue weighted by atomic mass is 10.4. The van der Waals surface area contributed by atoms with E-state index in [0.29, 0.717) is 0 Å². The fourth-order valence-electron chi connectivity index (χ4n) is 0.171. The van der Waals surface area contributed by atoms with Crippen molar-refractivity contribution in [2.45, 2.75) is 13.0 Å². The molecule has 0 aromatic heterocycles. The Morgan fingerprint density at radius 3 is 1.89 bits per heavy atom. The standard InChI is InChI=1S/C4H8O3.CH4O/c1-3(5)4(6)7-2;1-2/h3,5H,1-2H3;2H,1H3. The molecule has 0 aliphatic heterocycles. The summed E-state index contributed by atoms with van der Waals surface area (Å²) in [6.45, 7) is 1.35. The first-order valence-corrected chi connectivity index (χ1v) is 2.39. The molecule has 4 heteroatoms. The zero-order valence-corrected chi connectivity index (χ0v) is 5.79. The molecule has 0 aromatic rings. The van der Waals surface area contributed by atoms with Crippen molar-refractivity contribution >= 4 is 5.97 Å². The highest BCUT2D eigenvalue weighted by Gasteiger charge is 2.05. The molecular formula is C5H12O4. The summed E-state index contributed by atoms with van der Waals surface area (Å²) in [5, 5.41) is 15.3. The number of aliphatic hydroxyl groups excluding tert-OH is 2. The topological polar surface area (TPSA) is 66.8 Å². The van der Waals surface area contributed by atoms with Gasteiger partial charge in [0.2, 0.25) is 0 Å². The summed E-state index contributed by atoms with van der Waals surface area (Å²) in [4.78, 5) is 10.0. The van der Waals surface area contributed by atoms with Crippen LogP contribution in [0.4, 0.5) is 0 Å². The van der Waals surface area contributed by atoms with Crippen LogP contribution >= 0.6 is 0 Å². The molecule has 0 bridgehead atoms. The summed E-state index contributed by atoms with van der Waals surface area (Å²) >= 11 is 0. The third-order valence-electron chi connectivity index (χ3n) is 0.542. The molecule has 0 saturated heterocycles. The molecule has 9 heavy (non-hydrogen) atoms. The molecule has 4 nitrogen and oxygen atoms in total. The van der Waals surface area contributed by atoms with Crippen molar-refractivity contribution in [1.29, 1.82) is 0 Å². The predicted octanol–water partition coefficient (Wildman–Crippen LogP) is -0.851. The number of aliphatic hydroxyl groups is 2. The van der Waals surface area contributed by atoms with E-state index in [2.05, 4.69) is 4.74 Å². The highest BCUT2D eigenvalue weighted by Crippen LogP contribution is 1.80. The van der Waals surface area contributed by atoms with Crippen LogP contribution in [0.2, 0.25) is 0 Å². The minimum Gasteiger partial charge on any atom is -0.467 e. The fourth-order valence-corrected chi connectivity index (χ4v) is 0.171. The SMILES string of the molecule is CO.COC(=O)C(C)O. The number of carbonyl (C=O) groups is 1. The largest absolute Gasteiger partial charge is 0.467 e. The van der Waals surface area contributed by atoms with Gasteiger partial charge in [0.05, 0.1) is 7.11 Å². The van der Waals surface area contributed by atoms with Gasteiger partial charge in [0.15, 0.2) is 0 Å². The van der Waals surface area contributed by atoms with Crippen molar-refractivity contribution in [3.8, 4) is 0 Å². The zero-order valence-electron chi connectivity index (χ0n) is 5.79. The Hall–Kier alpha value is -0.610. The lowest BCUT2D eigenvalue weighted by molar-refractivity contribution is -0.149. The maximum absolute atomic E-state index is 10.0. The summed E-state index contributed by atoms with van der Waals surface area (Å²) in [6.07, 6.45) is -0.995. The van der Waals surface area contributed by atoms with E-state index in [-0.39, 0.29) is 0 Å². The Morgan fingerprint density at radius 1 is 1.56 bits per heavy atom. The average Bonchev–Trinajstić information content (AvgIpc) is 1.91. The van der Waals surface area contributed by atoms with E-state index in [1.807, 2.05) is 0 Å². The van der Waals surface area contributed by atoms with E-state index in [0.717, 1.165) is 7.11 Å². The number of hydrogen-bond donors (Lipinski definition) is 2. The third-order valence-corrected chi connectivity index (χ3v) is 0.542. The summed E-state index contributed by atoms with van der Waals surface area (Å²) in [7, 11) is 2.23. The van der Waals surface area contributed by atoms with Crippen LogP contribution in [-0.2, 0) is 9.53 Å². The number of carbonyl (C=O) groups excluding carboxylic acids is 1. The van der Waals surface area contributed by atoms with Crippen molar-refractivity contribution in [3.05, 3.63) is 0 Å². The molecule has 0 heterocycles. The third kappa shape index (κ3) is 7.39. The van der Waals surface area contributed by atoms with Crippen LogP contribution in [-0.4, -0.2) is 36.5 Å². The van der Waals surface area contributed by atoms with Crippen LogP contribution < -0.4 is 0 Å². The molecule has 0 spiro atoms. The molecule has 56 valence electrons. The van der Waals surface area contributed by atoms with Crippen molar-refractivity contribution in [3.63, 3.8) is 0 Å². The number of methoxy groups -OCH3 is 1. The molecule has 1 atom stereocenters. The lowest BCUT2D eigenvalue weighted by Crippen LogP contribution is -2.16. The Morgan fingerprint density at radius 2 is 1.89 bits per heavy atom. The van der Waals surface area contributed by atoms with Gasteiger partial charge in [-0.15, -0.1) is 0 Å². The molecule has 0 aliphatic rings. The molecular weight excluding hydrogens is 124 g/mol. The zero-order chi connectivity index (χ0) is 7.86. The first kappa shape index (κ1) is 11.2. The first-order chi connectivity index (χ1) is 4.18. The van der Waals surface area contributed by atoms with Crippen LogP contribution in [0.5, 0.6) is 0 Å². The quantitative estimate of drug-likeness (QED) is 0.461. The number of ether oxygens (including phenoxy) is 1. The van der Waals surface area contributed by atoms with Crippen LogP contribution in [0, 0.1) is 0 Å². The van der Waals surface area contributed by atoms with E-state index in [4.69, 9.17) is 10.2 Å². The van der Waals surface area contributed by atoms with Crippen molar-refractivity contribution in [1.82, 2.24) is 0 Å². The van der Waals surface area contributed by atoms with Crippen LogP contribution in [0.3, 0.4) is 0 Å². The van der Waals surface area contributed by atoms with Gasteiger partial charge in [0.1, 0.15) is 6.10 Å². The predicted molar refractivity (Wildman–Crippen MR) is 31.8 cm³/mol. The molecule has 0 radical (unpaired) electrons. The molecule has 0 aliphatic carbocycles. The molecule has 0 saturated carbocycles. The second-order valence-corrected chi connectivity index (χ2v) is 1.20. The summed E-state index contributed by atoms with van der Waals surface area (Å²) in [6, 6.07) is 0. The second-order valence-electron chi connectivity index (χ2n) is 1.20. The first-order valence-electron chi connectivity index (χ1n) is 2.39. The van der Waals surface area contributed by atoms with E-state index < -0.39 is 12.1 Å². The Kier molecular flexibility index (Phi) is 9.21. The lowest BCUT2D eigenvalue weighted by Gasteiger charge is -1.97. The van der Waals surface area contributed by atoms with Gasteiger partial charge in [0, 0.05) is 7.11 Å². The molecule has 0 fully saturated rings. The van der Waals surface area contributed by atoms with Gasteiger partial charge in [-0.05, 0) is 6.92 Å². The molecule has 0 rings (SSSR count). The van der Waals surface area contributed by atoms with Crippen LogP contribution in [0.1, 0.15) is 6.92 Å².